The first-order valence-corrected chi connectivity index (χ1v) is 15.1. The van der Waals surface area contributed by atoms with E-state index in [9.17, 15) is 18.7 Å². The minimum Gasteiger partial charge on any atom is -0.508 e. The largest absolute Gasteiger partial charge is 0.508 e. The van der Waals surface area contributed by atoms with Crippen LogP contribution >= 0.6 is 0 Å². The van der Waals surface area contributed by atoms with Crippen LogP contribution in [0.3, 0.4) is 0 Å². The SMILES string of the molecule is COc1nc(NCc2noc3ccccc23)c2c(=O)oc(-c3cc(O)cc4cccc(F)c34)c(C)c2n1.FC1CC2CCCN2C1. The molecule has 0 amide bonds. The summed E-state index contributed by atoms with van der Waals surface area (Å²) in [5.41, 5.74) is 1.46. The van der Waals surface area contributed by atoms with Gasteiger partial charge in [-0.05, 0) is 68.4 Å². The number of nitrogens with one attached hydrogen (secondary N) is 1. The van der Waals surface area contributed by atoms with Crippen molar-refractivity contribution in [3.8, 4) is 23.1 Å². The van der Waals surface area contributed by atoms with Crippen LogP contribution in [-0.4, -0.2) is 57.5 Å². The van der Waals surface area contributed by atoms with Crippen LogP contribution in [0.2, 0.25) is 0 Å². The molecule has 3 aromatic heterocycles. The second kappa shape index (κ2) is 12.0. The van der Waals surface area contributed by atoms with Crippen LogP contribution < -0.4 is 15.7 Å². The van der Waals surface area contributed by atoms with E-state index in [2.05, 4.69) is 25.3 Å². The number of aromatic nitrogens is 3. The molecule has 2 aliphatic heterocycles. The molecule has 5 heterocycles. The molecule has 12 heteroatoms. The van der Waals surface area contributed by atoms with Crippen molar-refractivity contribution < 1.29 is 27.6 Å². The second-order valence-electron chi connectivity index (χ2n) is 11.6. The van der Waals surface area contributed by atoms with Gasteiger partial charge in [-0.3, -0.25) is 4.90 Å². The van der Waals surface area contributed by atoms with Gasteiger partial charge in [-0.2, -0.15) is 9.97 Å². The number of aromatic hydroxyl groups is 1. The highest BCUT2D eigenvalue weighted by atomic mass is 19.1. The van der Waals surface area contributed by atoms with E-state index in [-0.39, 0.29) is 51.7 Å². The van der Waals surface area contributed by atoms with Crippen LogP contribution in [-0.2, 0) is 6.54 Å². The van der Waals surface area contributed by atoms with Gasteiger partial charge < -0.3 is 24.1 Å². The highest BCUT2D eigenvalue weighted by Crippen LogP contribution is 2.38. The summed E-state index contributed by atoms with van der Waals surface area (Å²) in [5, 5.41) is 19.1. The normalized spacial score (nSPS) is 17.7. The van der Waals surface area contributed by atoms with E-state index in [4.69, 9.17) is 13.7 Å². The standard InChI is InChI=1S/C27H19FN4O5.C7H12FN/c1-13-23-22(26(34)36-24(13)17-11-15(33)10-14-6-5-8-18(28)21(14)17)25(31-27(30-23)35-2)29-12-19-16-7-3-4-9-20(16)37-32-19;8-6-4-7-2-1-3-9(7)5-6/h3-11,33H,12H2,1-2H3,(H,29,30,31);6-7H,1-5H2. The van der Waals surface area contributed by atoms with Gasteiger partial charge >= 0.3 is 11.6 Å². The number of aryl methyl sites for hydroxylation is 1. The number of rotatable bonds is 5. The number of hydrogen-bond donors (Lipinski definition) is 2. The fourth-order valence-electron chi connectivity index (χ4n) is 6.51. The lowest BCUT2D eigenvalue weighted by atomic mass is 9.98. The number of phenols is 1. The molecule has 8 rings (SSSR count). The Morgan fingerprint density at radius 1 is 1.13 bits per heavy atom. The number of fused-ring (bicyclic) bond motifs is 4. The monoisotopic (exact) mass is 627 g/mol. The Bertz CT molecular complexity index is 2140. The number of phenolic OH excluding ortho intramolecular Hbond substituents is 1. The van der Waals surface area contributed by atoms with Crippen molar-refractivity contribution in [2.24, 2.45) is 0 Å². The van der Waals surface area contributed by atoms with Crippen molar-refractivity contribution >= 4 is 38.5 Å². The molecule has 3 aromatic carbocycles. The number of methoxy groups -OCH3 is 1. The minimum absolute atomic E-state index is 0.0200. The molecule has 2 saturated heterocycles. The van der Waals surface area contributed by atoms with E-state index in [0.717, 1.165) is 18.4 Å². The molecular formula is C34H31F2N5O5. The zero-order valence-corrected chi connectivity index (χ0v) is 25.2. The van der Waals surface area contributed by atoms with Gasteiger partial charge in [0.2, 0.25) is 0 Å². The van der Waals surface area contributed by atoms with Gasteiger partial charge in [-0.25, -0.2) is 13.6 Å². The van der Waals surface area contributed by atoms with Crippen LogP contribution in [0, 0.1) is 12.7 Å². The molecule has 2 N–H and O–H groups in total. The van der Waals surface area contributed by atoms with Crippen molar-refractivity contribution in [2.45, 2.75) is 44.9 Å². The Labute approximate surface area is 261 Å². The Kier molecular flexibility index (Phi) is 7.73. The average Bonchev–Trinajstić information content (AvgIpc) is 3.76. The number of anilines is 1. The lowest BCUT2D eigenvalue weighted by Crippen LogP contribution is -2.22. The van der Waals surface area contributed by atoms with Crippen LogP contribution in [0.25, 0.3) is 44.0 Å². The summed E-state index contributed by atoms with van der Waals surface area (Å²) < 4.78 is 43.8. The van der Waals surface area contributed by atoms with Crippen molar-refractivity contribution in [2.75, 3.05) is 25.5 Å². The van der Waals surface area contributed by atoms with Gasteiger partial charge in [0.25, 0.3) is 0 Å². The number of ether oxygens (including phenoxy) is 1. The van der Waals surface area contributed by atoms with E-state index in [1.54, 1.807) is 19.1 Å². The summed E-state index contributed by atoms with van der Waals surface area (Å²) in [7, 11) is 1.41. The fraction of sp³-hybridized carbons (Fsp3) is 0.294. The van der Waals surface area contributed by atoms with Gasteiger partial charge in [0.15, 0.2) is 5.58 Å². The molecule has 10 nitrogen and oxygen atoms in total. The Balaban J connectivity index is 0.000000321. The number of nitrogens with zero attached hydrogens (tertiary/aromatic N) is 4. The molecule has 2 aliphatic rings. The van der Waals surface area contributed by atoms with Crippen molar-refractivity contribution in [3.63, 3.8) is 0 Å². The third-order valence-corrected chi connectivity index (χ3v) is 8.66. The molecule has 6 aromatic rings. The summed E-state index contributed by atoms with van der Waals surface area (Å²) in [4.78, 5) is 24.3. The van der Waals surface area contributed by atoms with Crippen LogP contribution in [0.5, 0.6) is 11.8 Å². The number of benzene rings is 3. The summed E-state index contributed by atoms with van der Waals surface area (Å²) in [6, 6.07) is 15.3. The Morgan fingerprint density at radius 3 is 2.80 bits per heavy atom. The predicted molar refractivity (Wildman–Crippen MR) is 169 cm³/mol. The fourth-order valence-corrected chi connectivity index (χ4v) is 6.51. The third-order valence-electron chi connectivity index (χ3n) is 8.66. The lowest BCUT2D eigenvalue weighted by molar-refractivity contribution is 0.292. The van der Waals surface area contributed by atoms with Crippen molar-refractivity contribution in [1.29, 1.82) is 0 Å². The van der Waals surface area contributed by atoms with Crippen LogP contribution in [0.4, 0.5) is 14.6 Å². The predicted octanol–water partition coefficient (Wildman–Crippen LogP) is 6.51. The quantitative estimate of drug-likeness (QED) is 0.218. The van der Waals surface area contributed by atoms with Gasteiger partial charge in [0.05, 0.1) is 19.2 Å². The Hall–Kier alpha value is -5.10. The summed E-state index contributed by atoms with van der Waals surface area (Å²) >= 11 is 0. The molecule has 236 valence electrons. The second-order valence-corrected chi connectivity index (χ2v) is 11.6. The first-order chi connectivity index (χ1) is 22.3. The zero-order valence-electron chi connectivity index (χ0n) is 25.2. The Morgan fingerprint density at radius 2 is 1.98 bits per heavy atom. The van der Waals surface area contributed by atoms with E-state index in [1.807, 2.05) is 24.3 Å². The molecule has 2 unspecified atom stereocenters. The molecular weight excluding hydrogens is 596 g/mol. The summed E-state index contributed by atoms with van der Waals surface area (Å²) in [6.07, 6.45) is 2.81. The minimum atomic E-state index is -0.737. The first kappa shape index (κ1) is 29.6. The third kappa shape index (κ3) is 5.38. The zero-order chi connectivity index (χ0) is 31.9. The number of hydrogen-bond acceptors (Lipinski definition) is 10. The summed E-state index contributed by atoms with van der Waals surface area (Å²) in [6.45, 7) is 3.75. The lowest BCUT2D eigenvalue weighted by Gasteiger charge is -2.14. The van der Waals surface area contributed by atoms with E-state index >= 15 is 0 Å². The van der Waals surface area contributed by atoms with Gasteiger partial charge in [0, 0.05) is 34.5 Å². The topological polar surface area (TPSA) is 127 Å². The molecule has 2 atom stereocenters. The molecule has 0 spiro atoms. The highest BCUT2D eigenvalue weighted by molar-refractivity contribution is 6.00. The maximum absolute atomic E-state index is 14.9. The highest BCUT2D eigenvalue weighted by Gasteiger charge is 2.34. The molecule has 0 radical (unpaired) electrons. The first-order valence-electron chi connectivity index (χ1n) is 15.1. The van der Waals surface area contributed by atoms with E-state index in [0.29, 0.717) is 34.8 Å². The van der Waals surface area contributed by atoms with Gasteiger partial charge in [-0.1, -0.05) is 29.4 Å². The number of para-hydroxylation sites is 1. The molecule has 0 bridgehead atoms. The number of alkyl halides is 1. The molecule has 0 saturated carbocycles. The van der Waals surface area contributed by atoms with E-state index < -0.39 is 17.6 Å². The maximum atomic E-state index is 14.9. The van der Waals surface area contributed by atoms with Crippen LogP contribution in [0.1, 0.15) is 30.5 Å². The molecule has 46 heavy (non-hydrogen) atoms. The maximum Gasteiger partial charge on any atom is 0.349 e. The molecule has 2 fully saturated rings. The van der Waals surface area contributed by atoms with Crippen molar-refractivity contribution in [1.82, 2.24) is 20.0 Å². The average molecular weight is 628 g/mol. The van der Waals surface area contributed by atoms with Gasteiger partial charge in [0.1, 0.15) is 40.4 Å². The molecule has 0 aliphatic carbocycles. The summed E-state index contributed by atoms with van der Waals surface area (Å²) in [5.74, 6) is -0.350. The van der Waals surface area contributed by atoms with Crippen LogP contribution in [0.15, 0.2) is 68.3 Å². The van der Waals surface area contributed by atoms with E-state index in [1.165, 1.54) is 38.2 Å². The number of halogens is 2. The van der Waals surface area contributed by atoms with Gasteiger partial charge in [-0.15, -0.1) is 0 Å². The smallest absolute Gasteiger partial charge is 0.349 e. The van der Waals surface area contributed by atoms with Crippen molar-refractivity contribution in [3.05, 3.63) is 82.1 Å².